The van der Waals surface area contributed by atoms with Gasteiger partial charge in [0, 0.05) is 12.2 Å². The van der Waals surface area contributed by atoms with Crippen molar-refractivity contribution in [2.45, 2.75) is 39.0 Å². The van der Waals surface area contributed by atoms with Gasteiger partial charge >= 0.3 is 0 Å². The zero-order valence-electron chi connectivity index (χ0n) is 12.1. The highest BCUT2D eigenvalue weighted by Gasteiger charge is 2.35. The molecule has 2 aliphatic rings. The van der Waals surface area contributed by atoms with E-state index in [1.807, 2.05) is 0 Å². The molecular formula is C18H25N. The summed E-state index contributed by atoms with van der Waals surface area (Å²) in [5, 5.41) is 3.62. The van der Waals surface area contributed by atoms with Gasteiger partial charge in [0.25, 0.3) is 0 Å². The first-order valence-electron chi connectivity index (χ1n) is 7.78. The average Bonchev–Trinajstić information content (AvgIpc) is 3.07. The Morgan fingerprint density at radius 2 is 1.95 bits per heavy atom. The lowest BCUT2D eigenvalue weighted by molar-refractivity contribution is 0.472. The molecule has 0 amide bonds. The number of rotatable bonds is 5. The fraction of sp³-hybridized carbons (Fsp3) is 0.556. The average molecular weight is 255 g/mol. The summed E-state index contributed by atoms with van der Waals surface area (Å²) in [5.74, 6) is 3.25. The van der Waals surface area contributed by atoms with Crippen LogP contribution in [0.25, 0.3) is 0 Å². The van der Waals surface area contributed by atoms with Crippen LogP contribution in [0.2, 0.25) is 0 Å². The number of hydrogen-bond donors (Lipinski definition) is 1. The summed E-state index contributed by atoms with van der Waals surface area (Å²) in [6.45, 7) is 5.68. The van der Waals surface area contributed by atoms with Crippen molar-refractivity contribution < 1.29 is 0 Å². The molecule has 1 saturated carbocycles. The SMILES string of the molecule is CCC(C)c1ccc(NCC2CC3C=CC2C3)cc1. The number of allylic oxidation sites excluding steroid dienone is 2. The summed E-state index contributed by atoms with van der Waals surface area (Å²) in [4.78, 5) is 0. The zero-order valence-corrected chi connectivity index (χ0v) is 12.1. The molecule has 3 rings (SSSR count). The molecule has 1 N–H and O–H groups in total. The molecule has 4 atom stereocenters. The normalized spacial score (nSPS) is 29.7. The number of benzene rings is 1. The van der Waals surface area contributed by atoms with E-state index in [1.165, 1.54) is 30.5 Å². The highest BCUT2D eigenvalue weighted by molar-refractivity contribution is 5.45. The second-order valence-corrected chi connectivity index (χ2v) is 6.35. The molecule has 0 saturated heterocycles. The van der Waals surface area contributed by atoms with Gasteiger partial charge in [-0.25, -0.2) is 0 Å². The molecule has 0 spiro atoms. The van der Waals surface area contributed by atoms with Gasteiger partial charge < -0.3 is 5.32 Å². The van der Waals surface area contributed by atoms with Crippen LogP contribution in [0.3, 0.4) is 0 Å². The smallest absolute Gasteiger partial charge is 0.0340 e. The van der Waals surface area contributed by atoms with E-state index in [0.717, 1.165) is 24.3 Å². The largest absolute Gasteiger partial charge is 0.385 e. The van der Waals surface area contributed by atoms with Gasteiger partial charge in [-0.2, -0.15) is 0 Å². The molecule has 0 aliphatic heterocycles. The van der Waals surface area contributed by atoms with E-state index >= 15 is 0 Å². The van der Waals surface area contributed by atoms with Crippen molar-refractivity contribution in [3.63, 3.8) is 0 Å². The first-order valence-corrected chi connectivity index (χ1v) is 7.78. The summed E-state index contributed by atoms with van der Waals surface area (Å²) >= 11 is 0. The van der Waals surface area contributed by atoms with Gasteiger partial charge in [-0.15, -0.1) is 0 Å². The number of anilines is 1. The van der Waals surface area contributed by atoms with Gasteiger partial charge in [0.05, 0.1) is 0 Å². The maximum absolute atomic E-state index is 3.62. The second-order valence-electron chi connectivity index (χ2n) is 6.35. The van der Waals surface area contributed by atoms with Crippen LogP contribution in [0.1, 0.15) is 44.6 Å². The van der Waals surface area contributed by atoms with Crippen molar-refractivity contribution in [2.75, 3.05) is 11.9 Å². The van der Waals surface area contributed by atoms with Gasteiger partial charge in [-0.3, -0.25) is 0 Å². The van der Waals surface area contributed by atoms with Crippen LogP contribution < -0.4 is 5.32 Å². The van der Waals surface area contributed by atoms with Gasteiger partial charge in [0.15, 0.2) is 0 Å². The van der Waals surface area contributed by atoms with Crippen LogP contribution in [0.4, 0.5) is 5.69 Å². The van der Waals surface area contributed by atoms with Gasteiger partial charge in [0.1, 0.15) is 0 Å². The third kappa shape index (κ3) is 2.70. The topological polar surface area (TPSA) is 12.0 Å². The Morgan fingerprint density at radius 1 is 1.16 bits per heavy atom. The van der Waals surface area contributed by atoms with E-state index < -0.39 is 0 Å². The van der Waals surface area contributed by atoms with E-state index in [0.29, 0.717) is 5.92 Å². The molecule has 1 aromatic rings. The van der Waals surface area contributed by atoms with Crippen molar-refractivity contribution >= 4 is 5.69 Å². The fourth-order valence-electron chi connectivity index (χ4n) is 3.54. The monoisotopic (exact) mass is 255 g/mol. The van der Waals surface area contributed by atoms with E-state index in [4.69, 9.17) is 0 Å². The highest BCUT2D eigenvalue weighted by Crippen LogP contribution is 2.43. The predicted molar refractivity (Wildman–Crippen MR) is 82.5 cm³/mol. The van der Waals surface area contributed by atoms with E-state index in [2.05, 4.69) is 55.6 Å². The maximum atomic E-state index is 3.62. The Kier molecular flexibility index (Phi) is 3.63. The Hall–Kier alpha value is -1.24. The lowest BCUT2D eigenvalue weighted by Gasteiger charge is -2.19. The summed E-state index contributed by atoms with van der Waals surface area (Å²) in [6, 6.07) is 9.03. The highest BCUT2D eigenvalue weighted by atomic mass is 14.9. The van der Waals surface area contributed by atoms with E-state index in [1.54, 1.807) is 0 Å². The van der Waals surface area contributed by atoms with Crippen LogP contribution in [-0.2, 0) is 0 Å². The van der Waals surface area contributed by atoms with Crippen LogP contribution >= 0.6 is 0 Å². The minimum atomic E-state index is 0.671. The first-order chi connectivity index (χ1) is 9.26. The molecule has 1 nitrogen and oxygen atoms in total. The number of hydrogen-bond acceptors (Lipinski definition) is 1. The summed E-state index contributed by atoms with van der Waals surface area (Å²) < 4.78 is 0. The standard InChI is InChI=1S/C18H25N/c1-3-13(2)15-6-8-18(9-7-15)19-12-17-11-14-4-5-16(17)10-14/h4-9,13-14,16-17,19H,3,10-12H2,1-2H3. The molecule has 4 unspecified atom stereocenters. The molecule has 0 heterocycles. The van der Waals surface area contributed by atoms with Gasteiger partial charge in [0.2, 0.25) is 0 Å². The van der Waals surface area contributed by atoms with Gasteiger partial charge in [-0.1, -0.05) is 38.1 Å². The minimum absolute atomic E-state index is 0.671. The Balaban J connectivity index is 1.54. The van der Waals surface area contributed by atoms with Crippen molar-refractivity contribution in [3.05, 3.63) is 42.0 Å². The molecule has 1 aromatic carbocycles. The van der Waals surface area contributed by atoms with Crippen LogP contribution in [0.5, 0.6) is 0 Å². The lowest BCUT2D eigenvalue weighted by Crippen LogP contribution is -2.18. The molecule has 19 heavy (non-hydrogen) atoms. The third-order valence-electron chi connectivity index (χ3n) is 5.08. The van der Waals surface area contributed by atoms with E-state index in [-0.39, 0.29) is 0 Å². The molecule has 1 fully saturated rings. The second kappa shape index (κ2) is 5.40. The number of fused-ring (bicyclic) bond motifs is 2. The summed E-state index contributed by atoms with van der Waals surface area (Å²) in [5.41, 5.74) is 2.73. The molecule has 2 aliphatic carbocycles. The van der Waals surface area contributed by atoms with Crippen molar-refractivity contribution in [3.8, 4) is 0 Å². The minimum Gasteiger partial charge on any atom is -0.385 e. The Labute approximate surface area is 117 Å². The Bertz CT molecular complexity index is 445. The molecule has 2 bridgehead atoms. The molecule has 1 heteroatoms. The van der Waals surface area contributed by atoms with E-state index in [9.17, 15) is 0 Å². The molecule has 0 aromatic heterocycles. The van der Waals surface area contributed by atoms with Gasteiger partial charge in [-0.05, 0) is 60.6 Å². The van der Waals surface area contributed by atoms with Crippen molar-refractivity contribution in [1.82, 2.24) is 0 Å². The molecular weight excluding hydrogens is 230 g/mol. The fourth-order valence-corrected chi connectivity index (χ4v) is 3.54. The first kappa shape index (κ1) is 12.8. The molecule has 0 radical (unpaired) electrons. The van der Waals surface area contributed by atoms with Crippen molar-refractivity contribution in [1.29, 1.82) is 0 Å². The molecule has 102 valence electrons. The predicted octanol–water partition coefficient (Wildman–Crippen LogP) is 4.82. The maximum Gasteiger partial charge on any atom is 0.0340 e. The third-order valence-corrected chi connectivity index (χ3v) is 5.08. The van der Waals surface area contributed by atoms with Crippen LogP contribution in [0.15, 0.2) is 36.4 Å². The van der Waals surface area contributed by atoms with Crippen molar-refractivity contribution in [2.24, 2.45) is 17.8 Å². The summed E-state index contributed by atoms with van der Waals surface area (Å²) in [6.07, 6.45) is 8.86. The van der Waals surface area contributed by atoms with Crippen LogP contribution in [-0.4, -0.2) is 6.54 Å². The van der Waals surface area contributed by atoms with Crippen LogP contribution in [0, 0.1) is 17.8 Å². The summed E-state index contributed by atoms with van der Waals surface area (Å²) in [7, 11) is 0. The Morgan fingerprint density at radius 3 is 2.53 bits per heavy atom. The zero-order chi connectivity index (χ0) is 13.2. The quantitative estimate of drug-likeness (QED) is 0.743. The lowest BCUT2D eigenvalue weighted by atomic mass is 9.93. The number of nitrogens with one attached hydrogen (secondary N) is 1.